The molecule has 0 spiro atoms. The normalized spacial score (nSPS) is 12.0. The number of hydrogen-bond acceptors (Lipinski definition) is 7. The molecule has 0 radical (unpaired) electrons. The topological polar surface area (TPSA) is 133 Å². The first-order valence-electron chi connectivity index (χ1n) is 9.09. The summed E-state index contributed by atoms with van der Waals surface area (Å²) in [7, 11) is 1.75. The summed E-state index contributed by atoms with van der Waals surface area (Å²) in [5, 5.41) is 15.0. The number of fused-ring (bicyclic) bond motifs is 1. The molecule has 1 aromatic carbocycles. The van der Waals surface area contributed by atoms with E-state index in [0.29, 0.717) is 44.6 Å². The molecule has 4 rings (SSSR count). The standard InChI is InChI=1S/C20H18ClN7O2/c1-10(20-24-5-6-30-20)27-19(29)13-8-25-18-17(13)28-15(9-26-18)16(22)12-4-3-11(21)7-14(12)23-2/h3-10,22-23H,1-2H3,(H,25,26)(H,27,29). The lowest BCUT2D eigenvalue weighted by molar-refractivity contribution is 0.0935. The van der Waals surface area contributed by atoms with Crippen LogP contribution < -0.4 is 10.6 Å². The highest BCUT2D eigenvalue weighted by Crippen LogP contribution is 2.24. The first-order chi connectivity index (χ1) is 14.5. The molecule has 152 valence electrons. The minimum absolute atomic E-state index is 0.158. The molecular formula is C20H18ClN7O2. The molecule has 4 aromatic rings. The zero-order chi connectivity index (χ0) is 21.3. The highest BCUT2D eigenvalue weighted by molar-refractivity contribution is 6.31. The highest BCUT2D eigenvalue weighted by atomic mass is 35.5. The molecule has 3 heterocycles. The van der Waals surface area contributed by atoms with Crippen LogP contribution in [-0.2, 0) is 0 Å². The zero-order valence-electron chi connectivity index (χ0n) is 16.2. The Kier molecular flexibility index (Phi) is 5.20. The molecule has 0 aliphatic carbocycles. The number of hydrogen-bond donors (Lipinski definition) is 4. The van der Waals surface area contributed by atoms with Crippen LogP contribution in [0, 0.1) is 5.41 Å². The van der Waals surface area contributed by atoms with E-state index in [4.69, 9.17) is 21.4 Å². The Labute approximate surface area is 176 Å². The molecule has 4 N–H and O–H groups in total. The van der Waals surface area contributed by atoms with Gasteiger partial charge in [0.25, 0.3) is 5.91 Å². The number of carbonyl (C=O) groups excluding carboxylic acids is 1. The Bertz CT molecular complexity index is 1230. The smallest absolute Gasteiger partial charge is 0.255 e. The van der Waals surface area contributed by atoms with Crippen LogP contribution in [0.5, 0.6) is 0 Å². The maximum atomic E-state index is 12.8. The van der Waals surface area contributed by atoms with Crippen LogP contribution in [0.25, 0.3) is 11.2 Å². The van der Waals surface area contributed by atoms with E-state index in [1.54, 1.807) is 32.2 Å². The van der Waals surface area contributed by atoms with Crippen molar-refractivity contribution in [3.63, 3.8) is 0 Å². The van der Waals surface area contributed by atoms with Crippen LogP contribution in [0.15, 0.2) is 47.5 Å². The molecule has 0 bridgehead atoms. The van der Waals surface area contributed by atoms with Gasteiger partial charge < -0.3 is 20.0 Å². The highest BCUT2D eigenvalue weighted by Gasteiger charge is 2.20. The number of rotatable bonds is 6. The number of nitrogens with zero attached hydrogens (tertiary/aromatic N) is 3. The van der Waals surface area contributed by atoms with E-state index >= 15 is 0 Å². The Morgan fingerprint density at radius 1 is 1.30 bits per heavy atom. The van der Waals surface area contributed by atoms with Gasteiger partial charge in [0.15, 0.2) is 5.65 Å². The minimum Gasteiger partial charge on any atom is -0.447 e. The van der Waals surface area contributed by atoms with Crippen molar-refractivity contribution in [1.82, 2.24) is 25.3 Å². The van der Waals surface area contributed by atoms with Crippen molar-refractivity contribution in [2.45, 2.75) is 13.0 Å². The molecule has 3 aromatic heterocycles. The SMILES string of the molecule is CNc1cc(Cl)ccc1C(=N)c1cnc2[nH]cc(C(=O)NC(C)c3ncco3)c2n1. The summed E-state index contributed by atoms with van der Waals surface area (Å²) in [4.78, 5) is 28.6. The molecule has 1 atom stereocenters. The van der Waals surface area contributed by atoms with Crippen LogP contribution in [0.1, 0.15) is 40.5 Å². The Hall–Kier alpha value is -3.72. The molecule has 0 fully saturated rings. The lowest BCUT2D eigenvalue weighted by Gasteiger charge is -2.11. The van der Waals surface area contributed by atoms with Gasteiger partial charge >= 0.3 is 0 Å². The van der Waals surface area contributed by atoms with Crippen molar-refractivity contribution >= 4 is 40.1 Å². The van der Waals surface area contributed by atoms with E-state index in [9.17, 15) is 4.79 Å². The number of halogens is 1. The fourth-order valence-electron chi connectivity index (χ4n) is 3.05. The second-order valence-corrected chi connectivity index (χ2v) is 6.97. The average Bonchev–Trinajstić information content (AvgIpc) is 3.42. The van der Waals surface area contributed by atoms with E-state index < -0.39 is 6.04 Å². The van der Waals surface area contributed by atoms with Gasteiger partial charge in [0.2, 0.25) is 5.89 Å². The van der Waals surface area contributed by atoms with Gasteiger partial charge in [-0.2, -0.15) is 0 Å². The van der Waals surface area contributed by atoms with Gasteiger partial charge in [0.05, 0.1) is 23.7 Å². The van der Waals surface area contributed by atoms with Crippen LogP contribution in [0.3, 0.4) is 0 Å². The molecule has 0 aliphatic rings. The number of aromatic nitrogens is 4. The predicted molar refractivity (Wildman–Crippen MR) is 113 cm³/mol. The van der Waals surface area contributed by atoms with Crippen LogP contribution in [0.4, 0.5) is 5.69 Å². The summed E-state index contributed by atoms with van der Waals surface area (Å²) in [5.74, 6) is 0.0476. The van der Waals surface area contributed by atoms with Crippen molar-refractivity contribution < 1.29 is 9.21 Å². The average molecular weight is 424 g/mol. The fourth-order valence-corrected chi connectivity index (χ4v) is 3.22. The first-order valence-corrected chi connectivity index (χ1v) is 9.46. The number of oxazole rings is 1. The number of carbonyl (C=O) groups is 1. The minimum atomic E-state index is -0.417. The van der Waals surface area contributed by atoms with E-state index in [2.05, 4.69) is 30.6 Å². The monoisotopic (exact) mass is 423 g/mol. The van der Waals surface area contributed by atoms with Crippen molar-refractivity contribution in [3.8, 4) is 0 Å². The van der Waals surface area contributed by atoms with Crippen molar-refractivity contribution in [2.75, 3.05) is 12.4 Å². The molecule has 0 saturated heterocycles. The number of nitrogens with one attached hydrogen (secondary N) is 4. The van der Waals surface area contributed by atoms with Crippen molar-refractivity contribution in [3.05, 3.63) is 70.8 Å². The maximum absolute atomic E-state index is 12.8. The van der Waals surface area contributed by atoms with Crippen LogP contribution in [-0.4, -0.2) is 38.6 Å². The van der Waals surface area contributed by atoms with Gasteiger partial charge in [0.1, 0.15) is 23.5 Å². The van der Waals surface area contributed by atoms with E-state index in [-0.39, 0.29) is 11.6 Å². The number of benzene rings is 1. The largest absolute Gasteiger partial charge is 0.447 e. The molecular weight excluding hydrogens is 406 g/mol. The van der Waals surface area contributed by atoms with Crippen LogP contribution in [0.2, 0.25) is 5.02 Å². The summed E-state index contributed by atoms with van der Waals surface area (Å²) in [6.07, 6.45) is 6.00. The van der Waals surface area contributed by atoms with E-state index in [0.717, 1.165) is 0 Å². The number of anilines is 1. The molecule has 0 aliphatic heterocycles. The van der Waals surface area contributed by atoms with Gasteiger partial charge in [-0.05, 0) is 25.1 Å². The lowest BCUT2D eigenvalue weighted by Crippen LogP contribution is -2.26. The molecule has 10 heteroatoms. The Morgan fingerprint density at radius 2 is 2.13 bits per heavy atom. The second-order valence-electron chi connectivity index (χ2n) is 6.54. The van der Waals surface area contributed by atoms with Crippen molar-refractivity contribution in [2.24, 2.45) is 0 Å². The van der Waals surface area contributed by atoms with Crippen LogP contribution >= 0.6 is 11.6 Å². The summed E-state index contributed by atoms with van der Waals surface area (Å²) < 4.78 is 5.23. The van der Waals surface area contributed by atoms with E-state index in [1.807, 2.05) is 0 Å². The van der Waals surface area contributed by atoms with Gasteiger partial charge in [0, 0.05) is 29.5 Å². The molecule has 0 saturated carbocycles. The molecule has 30 heavy (non-hydrogen) atoms. The predicted octanol–water partition coefficient (Wildman–Crippen LogP) is 3.55. The van der Waals surface area contributed by atoms with Crippen molar-refractivity contribution in [1.29, 1.82) is 5.41 Å². The number of aromatic amines is 1. The van der Waals surface area contributed by atoms with Gasteiger partial charge in [-0.15, -0.1) is 0 Å². The summed E-state index contributed by atoms with van der Waals surface area (Å²) in [6.45, 7) is 1.77. The third-order valence-corrected chi connectivity index (χ3v) is 4.81. The van der Waals surface area contributed by atoms with E-state index in [1.165, 1.54) is 24.9 Å². The first kappa shape index (κ1) is 19.6. The second kappa shape index (κ2) is 7.96. The molecule has 1 amide bonds. The zero-order valence-corrected chi connectivity index (χ0v) is 16.9. The molecule has 9 nitrogen and oxygen atoms in total. The van der Waals surface area contributed by atoms with Gasteiger partial charge in [-0.3, -0.25) is 10.2 Å². The number of H-pyrrole nitrogens is 1. The third-order valence-electron chi connectivity index (χ3n) is 4.57. The Morgan fingerprint density at radius 3 is 2.87 bits per heavy atom. The molecule has 1 unspecified atom stereocenters. The Balaban J connectivity index is 1.66. The summed E-state index contributed by atoms with van der Waals surface area (Å²) >= 11 is 6.05. The fraction of sp³-hybridized carbons (Fsp3) is 0.150. The maximum Gasteiger partial charge on any atom is 0.255 e. The number of amides is 1. The van der Waals surface area contributed by atoms with Gasteiger partial charge in [-0.1, -0.05) is 11.6 Å². The quantitative estimate of drug-likeness (QED) is 0.350. The van der Waals surface area contributed by atoms with Gasteiger partial charge in [-0.25, -0.2) is 15.0 Å². The lowest BCUT2D eigenvalue weighted by atomic mass is 10.1. The summed E-state index contributed by atoms with van der Waals surface area (Å²) in [6, 6.07) is 4.76. The third kappa shape index (κ3) is 3.62. The summed E-state index contributed by atoms with van der Waals surface area (Å²) in [5.41, 5.74) is 2.94.